The van der Waals surface area contributed by atoms with Crippen molar-refractivity contribution in [3.8, 4) is 22.8 Å². The molecule has 1 aliphatic heterocycles. The van der Waals surface area contributed by atoms with Crippen molar-refractivity contribution in [2.24, 2.45) is 7.05 Å². The average molecular weight is 386 g/mol. The molecule has 0 aliphatic carbocycles. The summed E-state index contributed by atoms with van der Waals surface area (Å²) in [5.41, 5.74) is 5.94. The first-order chi connectivity index (χ1) is 13.2. The number of aromatic nitrogens is 2. The van der Waals surface area contributed by atoms with Crippen LogP contribution in [-0.4, -0.2) is 13.1 Å². The summed E-state index contributed by atoms with van der Waals surface area (Å²) in [6.07, 6.45) is 1.93. The van der Waals surface area contributed by atoms with Crippen molar-refractivity contribution >= 4 is 34.9 Å². The van der Waals surface area contributed by atoms with Crippen molar-refractivity contribution in [3.05, 3.63) is 53.9 Å². The summed E-state index contributed by atoms with van der Waals surface area (Å²) >= 11 is 0. The Hall–Kier alpha value is -2.72. The Bertz CT molecular complexity index is 1300. The average Bonchev–Trinajstić information content (AvgIpc) is 2.63. The Kier molecular flexibility index (Phi) is 3.50. The van der Waals surface area contributed by atoms with E-state index in [-0.39, 0.29) is 0 Å². The smallest absolute Gasteiger partial charge is 0.287 e. The third-order valence-corrected chi connectivity index (χ3v) is 7.91. The molecule has 4 heteroatoms. The first-order valence-corrected chi connectivity index (χ1v) is 13.3. The van der Waals surface area contributed by atoms with Gasteiger partial charge in [0.05, 0.1) is 20.7 Å². The lowest BCUT2D eigenvalue weighted by Crippen LogP contribution is -2.38. The molecular formula is C24H25N2OSi+. The van der Waals surface area contributed by atoms with Crippen LogP contribution in [0.15, 0.2) is 42.7 Å². The molecule has 3 nitrogen and oxygen atoms in total. The van der Waals surface area contributed by atoms with Gasteiger partial charge >= 0.3 is 0 Å². The van der Waals surface area contributed by atoms with Gasteiger partial charge in [-0.15, -0.1) is 0 Å². The van der Waals surface area contributed by atoms with Gasteiger partial charge in [0.2, 0.25) is 0 Å². The number of fused-ring (bicyclic) bond motifs is 3. The van der Waals surface area contributed by atoms with E-state index < -0.39 is 8.07 Å². The molecule has 28 heavy (non-hydrogen) atoms. The van der Waals surface area contributed by atoms with E-state index >= 15 is 0 Å². The molecule has 0 amide bonds. The van der Waals surface area contributed by atoms with Crippen LogP contribution in [0.3, 0.4) is 0 Å². The molecule has 0 radical (unpaired) electrons. The Balaban J connectivity index is 1.93. The highest BCUT2D eigenvalue weighted by Gasteiger charge is 2.31. The van der Waals surface area contributed by atoms with E-state index in [1.54, 1.807) is 0 Å². The second kappa shape index (κ2) is 5.64. The fraction of sp³-hybridized carbons (Fsp3) is 0.250. The first kappa shape index (κ1) is 17.4. The van der Waals surface area contributed by atoms with Crippen LogP contribution in [0.2, 0.25) is 19.6 Å². The lowest BCUT2D eigenvalue weighted by molar-refractivity contribution is -0.662. The number of aryl methyl sites for hydroxylation is 3. The van der Waals surface area contributed by atoms with Gasteiger partial charge < -0.3 is 4.74 Å². The zero-order chi connectivity index (χ0) is 19.8. The molecule has 0 atom stereocenters. The summed E-state index contributed by atoms with van der Waals surface area (Å²) in [5.74, 6) is 1.88. The number of hydrogen-bond donors (Lipinski definition) is 0. The fourth-order valence-corrected chi connectivity index (χ4v) is 5.42. The summed E-state index contributed by atoms with van der Waals surface area (Å²) in [7, 11) is 0.592. The van der Waals surface area contributed by atoms with E-state index in [1.807, 2.05) is 6.33 Å². The van der Waals surface area contributed by atoms with Crippen molar-refractivity contribution in [2.75, 3.05) is 0 Å². The maximum atomic E-state index is 6.53. The number of nitrogens with zero attached hydrogens (tertiary/aromatic N) is 2. The van der Waals surface area contributed by atoms with Crippen LogP contribution in [0.4, 0.5) is 0 Å². The van der Waals surface area contributed by atoms with Crippen LogP contribution in [-0.2, 0) is 7.05 Å². The molecule has 0 spiro atoms. The van der Waals surface area contributed by atoms with Gasteiger partial charge in [-0.1, -0.05) is 48.6 Å². The molecule has 140 valence electrons. The zero-order valence-electron chi connectivity index (χ0n) is 17.3. The maximum absolute atomic E-state index is 6.53. The van der Waals surface area contributed by atoms with E-state index in [0.717, 1.165) is 22.4 Å². The third kappa shape index (κ3) is 2.41. The molecule has 0 fully saturated rings. The molecule has 0 saturated heterocycles. The van der Waals surface area contributed by atoms with E-state index in [4.69, 9.17) is 9.72 Å². The summed E-state index contributed by atoms with van der Waals surface area (Å²) in [4.78, 5) is 4.74. The molecule has 0 N–H and O–H groups in total. The van der Waals surface area contributed by atoms with Crippen LogP contribution in [0.25, 0.3) is 32.9 Å². The maximum Gasteiger partial charge on any atom is 0.287 e. The summed E-state index contributed by atoms with van der Waals surface area (Å²) in [6, 6.07) is 13.3. The lowest BCUT2D eigenvalue weighted by atomic mass is 9.92. The minimum Gasteiger partial charge on any atom is -0.456 e. The summed E-state index contributed by atoms with van der Waals surface area (Å²) in [6.45, 7) is 11.4. The van der Waals surface area contributed by atoms with Crippen LogP contribution in [0.1, 0.15) is 11.1 Å². The Morgan fingerprint density at radius 1 is 0.964 bits per heavy atom. The van der Waals surface area contributed by atoms with E-state index in [2.05, 4.69) is 81.5 Å². The number of ether oxygens (including phenoxy) is 1. The van der Waals surface area contributed by atoms with Gasteiger partial charge in [-0.05, 0) is 53.4 Å². The highest BCUT2D eigenvalue weighted by Crippen LogP contribution is 2.47. The molecule has 0 bridgehead atoms. The molecule has 2 heterocycles. The largest absolute Gasteiger partial charge is 0.456 e. The zero-order valence-corrected chi connectivity index (χ0v) is 18.3. The Labute approximate surface area is 166 Å². The van der Waals surface area contributed by atoms with Gasteiger partial charge in [0.15, 0.2) is 11.2 Å². The molecule has 0 saturated carbocycles. The Morgan fingerprint density at radius 3 is 2.50 bits per heavy atom. The molecule has 1 aliphatic rings. The van der Waals surface area contributed by atoms with Gasteiger partial charge in [-0.2, -0.15) is 0 Å². The quantitative estimate of drug-likeness (QED) is 0.295. The normalized spacial score (nSPS) is 12.9. The SMILES string of the molecule is Cc1ccc2cc3c(c(C)c2c1)-c1c2c(cc([Si](C)(C)C)cc2nc[n+]1C)O3. The second-order valence-corrected chi connectivity index (χ2v) is 14.1. The highest BCUT2D eigenvalue weighted by atomic mass is 28.3. The number of hydrogen-bond acceptors (Lipinski definition) is 2. The van der Waals surface area contributed by atoms with Gasteiger partial charge in [0.1, 0.15) is 16.9 Å². The topological polar surface area (TPSA) is 26.0 Å². The van der Waals surface area contributed by atoms with Crippen molar-refractivity contribution < 1.29 is 9.30 Å². The molecule has 3 aromatic carbocycles. The molecule has 5 rings (SSSR count). The second-order valence-electron chi connectivity index (χ2n) is 9.02. The minimum atomic E-state index is -1.48. The van der Waals surface area contributed by atoms with E-state index in [1.165, 1.54) is 38.3 Å². The van der Waals surface area contributed by atoms with Gasteiger partial charge in [0, 0.05) is 0 Å². The molecular weight excluding hydrogens is 360 g/mol. The predicted octanol–water partition coefficient (Wildman–Crippen LogP) is 5.15. The van der Waals surface area contributed by atoms with Crippen LogP contribution < -0.4 is 14.5 Å². The van der Waals surface area contributed by atoms with Gasteiger partial charge in [0.25, 0.3) is 6.33 Å². The summed E-state index contributed by atoms with van der Waals surface area (Å²) < 4.78 is 8.66. The first-order valence-electron chi connectivity index (χ1n) is 9.79. The Morgan fingerprint density at radius 2 is 1.75 bits per heavy atom. The third-order valence-electron chi connectivity index (χ3n) is 5.88. The highest BCUT2D eigenvalue weighted by molar-refractivity contribution is 6.88. The molecule has 4 aromatic rings. The number of rotatable bonds is 1. The van der Waals surface area contributed by atoms with Gasteiger partial charge in [-0.3, -0.25) is 0 Å². The molecule has 1 aromatic heterocycles. The summed E-state index contributed by atoms with van der Waals surface area (Å²) in [5, 5.41) is 5.00. The van der Waals surface area contributed by atoms with Crippen LogP contribution >= 0.6 is 0 Å². The fourth-order valence-electron chi connectivity index (χ4n) is 4.29. The standard InChI is InChI=1S/C24H25N2OSi/c1-14-7-8-16-10-20-22(15(2)18(16)9-14)24-23-19(25-13-26(24)3)11-17(28(4,5)6)12-21(23)27-20/h7-13H,1-6H3/q+1. The lowest BCUT2D eigenvalue weighted by Gasteiger charge is -2.24. The van der Waals surface area contributed by atoms with E-state index in [9.17, 15) is 0 Å². The van der Waals surface area contributed by atoms with E-state index in [0.29, 0.717) is 0 Å². The monoisotopic (exact) mass is 385 g/mol. The van der Waals surface area contributed by atoms with Crippen LogP contribution in [0.5, 0.6) is 11.5 Å². The predicted molar refractivity (Wildman–Crippen MR) is 118 cm³/mol. The number of benzene rings is 3. The van der Waals surface area contributed by atoms with Crippen molar-refractivity contribution in [1.29, 1.82) is 0 Å². The van der Waals surface area contributed by atoms with Gasteiger partial charge in [-0.25, -0.2) is 4.57 Å². The van der Waals surface area contributed by atoms with Crippen LogP contribution in [0, 0.1) is 13.8 Å². The minimum absolute atomic E-state index is 0.937. The van der Waals surface area contributed by atoms with Crippen molar-refractivity contribution in [1.82, 2.24) is 4.98 Å². The van der Waals surface area contributed by atoms with Crippen molar-refractivity contribution in [2.45, 2.75) is 33.5 Å². The molecule has 0 unspecified atom stereocenters. The van der Waals surface area contributed by atoms with Crippen molar-refractivity contribution in [3.63, 3.8) is 0 Å².